The van der Waals surface area contributed by atoms with Gasteiger partial charge < -0.3 is 4.74 Å². The average Bonchev–Trinajstić information content (AvgIpc) is 2.66. The van der Waals surface area contributed by atoms with Crippen LogP contribution in [-0.4, -0.2) is 12.8 Å². The summed E-state index contributed by atoms with van der Waals surface area (Å²) in [7, 11) is 1.64. The molecule has 0 radical (unpaired) electrons. The van der Waals surface area contributed by atoms with Crippen molar-refractivity contribution in [3.63, 3.8) is 0 Å². The Labute approximate surface area is 90.3 Å². The van der Waals surface area contributed by atoms with Crippen molar-refractivity contribution in [3.8, 4) is 5.75 Å². The molecule has 15 heavy (non-hydrogen) atoms. The smallest absolute Gasteiger partial charge is 0.118 e. The number of ether oxygens (including phenoxy) is 1. The quantitative estimate of drug-likeness (QED) is 0.738. The van der Waals surface area contributed by atoms with Crippen LogP contribution >= 0.6 is 0 Å². The Balaban J connectivity index is 2.04. The van der Waals surface area contributed by atoms with Crippen molar-refractivity contribution >= 4 is 0 Å². The van der Waals surface area contributed by atoms with Gasteiger partial charge in [0.15, 0.2) is 0 Å². The third-order valence-electron chi connectivity index (χ3n) is 3.18. The fourth-order valence-electron chi connectivity index (χ4n) is 2.29. The lowest BCUT2D eigenvalue weighted by molar-refractivity contribution is 0.173. The SMILES string of the molecule is COc1ccc(CC2(F)CCCC2)cc1. The van der Waals surface area contributed by atoms with E-state index in [2.05, 4.69) is 0 Å². The Hall–Kier alpha value is -1.05. The maximum Gasteiger partial charge on any atom is 0.118 e. The van der Waals surface area contributed by atoms with Crippen LogP contribution in [0.5, 0.6) is 5.75 Å². The second kappa shape index (κ2) is 4.21. The largest absolute Gasteiger partial charge is 0.497 e. The minimum Gasteiger partial charge on any atom is -0.497 e. The molecule has 2 heteroatoms. The second-order valence-electron chi connectivity index (χ2n) is 4.38. The molecule has 1 aromatic carbocycles. The molecule has 0 aliphatic heterocycles. The lowest BCUT2D eigenvalue weighted by Crippen LogP contribution is -2.20. The predicted octanol–water partition coefficient (Wildman–Crippen LogP) is 3.52. The maximum absolute atomic E-state index is 14.1. The molecule has 2 rings (SSSR count). The fraction of sp³-hybridized carbons (Fsp3) is 0.538. The summed E-state index contributed by atoms with van der Waals surface area (Å²) < 4.78 is 19.2. The Morgan fingerprint density at radius 1 is 1.20 bits per heavy atom. The standard InChI is InChI=1S/C13H17FO/c1-15-12-6-4-11(5-7-12)10-13(14)8-2-3-9-13/h4-7H,2-3,8-10H2,1H3. The first kappa shape index (κ1) is 10.5. The molecule has 0 spiro atoms. The molecule has 0 heterocycles. The number of hydrogen-bond donors (Lipinski definition) is 0. The van der Waals surface area contributed by atoms with Crippen molar-refractivity contribution in [2.75, 3.05) is 7.11 Å². The zero-order valence-electron chi connectivity index (χ0n) is 9.13. The van der Waals surface area contributed by atoms with Crippen LogP contribution in [0, 0.1) is 0 Å². The van der Waals surface area contributed by atoms with Gasteiger partial charge in [0.05, 0.1) is 7.11 Å². The number of methoxy groups -OCH3 is 1. The number of halogens is 1. The van der Waals surface area contributed by atoms with Crippen LogP contribution in [0.25, 0.3) is 0 Å². The third-order valence-corrected chi connectivity index (χ3v) is 3.18. The van der Waals surface area contributed by atoms with E-state index >= 15 is 0 Å². The van der Waals surface area contributed by atoms with Crippen LogP contribution in [0.1, 0.15) is 31.2 Å². The molecular weight excluding hydrogens is 191 g/mol. The van der Waals surface area contributed by atoms with Gasteiger partial charge in [0.25, 0.3) is 0 Å². The molecule has 1 saturated carbocycles. The molecule has 1 aliphatic carbocycles. The third kappa shape index (κ3) is 2.49. The summed E-state index contributed by atoms with van der Waals surface area (Å²) in [6.45, 7) is 0. The number of alkyl halides is 1. The number of benzene rings is 1. The monoisotopic (exact) mass is 208 g/mol. The van der Waals surface area contributed by atoms with Crippen molar-refractivity contribution < 1.29 is 9.13 Å². The molecule has 0 aromatic heterocycles. The highest BCUT2D eigenvalue weighted by atomic mass is 19.1. The Morgan fingerprint density at radius 3 is 2.33 bits per heavy atom. The van der Waals surface area contributed by atoms with Gasteiger partial charge in [-0.3, -0.25) is 0 Å². The van der Waals surface area contributed by atoms with Crippen molar-refractivity contribution in [3.05, 3.63) is 29.8 Å². The molecule has 0 amide bonds. The van der Waals surface area contributed by atoms with Gasteiger partial charge in [-0.05, 0) is 30.5 Å². The van der Waals surface area contributed by atoms with E-state index in [1.807, 2.05) is 24.3 Å². The first-order valence-corrected chi connectivity index (χ1v) is 5.54. The van der Waals surface area contributed by atoms with Crippen molar-refractivity contribution in [2.24, 2.45) is 0 Å². The molecule has 1 nitrogen and oxygen atoms in total. The molecule has 0 unspecified atom stereocenters. The normalized spacial score (nSPS) is 19.1. The first-order valence-electron chi connectivity index (χ1n) is 5.54. The van der Waals surface area contributed by atoms with E-state index in [9.17, 15) is 4.39 Å². The maximum atomic E-state index is 14.1. The summed E-state index contributed by atoms with van der Waals surface area (Å²) in [5, 5.41) is 0. The van der Waals surface area contributed by atoms with Gasteiger partial charge in [0.1, 0.15) is 11.4 Å². The second-order valence-corrected chi connectivity index (χ2v) is 4.38. The van der Waals surface area contributed by atoms with Crippen molar-refractivity contribution in [1.82, 2.24) is 0 Å². The minimum atomic E-state index is -0.950. The van der Waals surface area contributed by atoms with E-state index in [1.165, 1.54) is 0 Å². The summed E-state index contributed by atoms with van der Waals surface area (Å²) in [6.07, 6.45) is 4.06. The van der Waals surface area contributed by atoms with Gasteiger partial charge in [0, 0.05) is 6.42 Å². The Bertz CT molecular complexity index is 312. The van der Waals surface area contributed by atoms with Crippen LogP contribution in [0.3, 0.4) is 0 Å². The minimum absolute atomic E-state index is 0.553. The summed E-state index contributed by atoms with van der Waals surface area (Å²) in [4.78, 5) is 0. The molecule has 0 atom stereocenters. The zero-order chi connectivity index (χ0) is 10.7. The van der Waals surface area contributed by atoms with Gasteiger partial charge in [-0.15, -0.1) is 0 Å². The molecule has 0 bridgehead atoms. The van der Waals surface area contributed by atoms with Gasteiger partial charge in [-0.25, -0.2) is 4.39 Å². The highest BCUT2D eigenvalue weighted by molar-refractivity contribution is 5.28. The van der Waals surface area contributed by atoms with E-state index in [-0.39, 0.29) is 0 Å². The molecule has 1 aromatic rings. The Morgan fingerprint density at radius 2 is 1.80 bits per heavy atom. The van der Waals surface area contributed by atoms with Gasteiger partial charge in [-0.2, -0.15) is 0 Å². The zero-order valence-corrected chi connectivity index (χ0v) is 9.13. The molecule has 1 fully saturated rings. The van der Waals surface area contributed by atoms with E-state index in [0.717, 1.165) is 37.0 Å². The highest BCUT2D eigenvalue weighted by Crippen LogP contribution is 2.36. The molecule has 0 saturated heterocycles. The van der Waals surface area contributed by atoms with Crippen molar-refractivity contribution in [1.29, 1.82) is 0 Å². The molecule has 82 valence electrons. The van der Waals surface area contributed by atoms with Gasteiger partial charge in [0.2, 0.25) is 0 Å². The van der Waals surface area contributed by atoms with E-state index in [0.29, 0.717) is 6.42 Å². The summed E-state index contributed by atoms with van der Waals surface area (Å²) in [6, 6.07) is 7.71. The number of hydrogen-bond acceptors (Lipinski definition) is 1. The van der Waals surface area contributed by atoms with Crippen LogP contribution in [-0.2, 0) is 6.42 Å². The van der Waals surface area contributed by atoms with Crippen LogP contribution in [0.4, 0.5) is 4.39 Å². The summed E-state index contributed by atoms with van der Waals surface area (Å²) in [5.41, 5.74) is 0.120. The summed E-state index contributed by atoms with van der Waals surface area (Å²) >= 11 is 0. The fourth-order valence-corrected chi connectivity index (χ4v) is 2.29. The van der Waals surface area contributed by atoms with Crippen LogP contribution in [0.2, 0.25) is 0 Å². The highest BCUT2D eigenvalue weighted by Gasteiger charge is 2.33. The molecular formula is C13H17FO. The van der Waals surface area contributed by atoms with E-state index in [4.69, 9.17) is 4.74 Å². The van der Waals surface area contributed by atoms with E-state index in [1.54, 1.807) is 7.11 Å². The predicted molar refractivity (Wildman–Crippen MR) is 59.0 cm³/mol. The lowest BCUT2D eigenvalue weighted by Gasteiger charge is -2.18. The van der Waals surface area contributed by atoms with E-state index < -0.39 is 5.67 Å². The van der Waals surface area contributed by atoms with Gasteiger partial charge >= 0.3 is 0 Å². The number of rotatable bonds is 3. The first-order chi connectivity index (χ1) is 7.22. The molecule has 1 aliphatic rings. The Kier molecular flexibility index (Phi) is 2.94. The van der Waals surface area contributed by atoms with Crippen LogP contribution in [0.15, 0.2) is 24.3 Å². The topological polar surface area (TPSA) is 9.23 Å². The van der Waals surface area contributed by atoms with Crippen molar-refractivity contribution in [2.45, 2.75) is 37.8 Å². The summed E-state index contributed by atoms with van der Waals surface area (Å²) in [5.74, 6) is 0.832. The van der Waals surface area contributed by atoms with Gasteiger partial charge in [-0.1, -0.05) is 25.0 Å². The lowest BCUT2D eigenvalue weighted by atomic mass is 9.95. The van der Waals surface area contributed by atoms with Crippen LogP contribution < -0.4 is 4.74 Å². The average molecular weight is 208 g/mol. The molecule has 0 N–H and O–H groups in total.